The molecule has 166 valence electrons. The first-order chi connectivity index (χ1) is 16.6. The molecule has 5 heteroatoms. The minimum atomic E-state index is 0.198. The van der Waals surface area contributed by atoms with Gasteiger partial charge in [-0.15, -0.1) is 0 Å². The van der Waals surface area contributed by atoms with Gasteiger partial charge in [0.15, 0.2) is 0 Å². The van der Waals surface area contributed by atoms with Crippen LogP contribution in [0.5, 0.6) is 0 Å². The van der Waals surface area contributed by atoms with Crippen molar-refractivity contribution in [3.8, 4) is 34.4 Å². The standard InChI is InChI=1S/C29H24N4O/c1-19-17-33(18-20(2)34-19)24-12-10-23(11-13-24)28-16-32-29-25(4-3-5-26(29)27(28)15-31)22-8-6-21(14-30)7-9-22/h3-13,16,19-20H,17-18H2,1-2H3/t19-,20?/m1/s1. The fourth-order valence-corrected chi connectivity index (χ4v) is 4.76. The summed E-state index contributed by atoms with van der Waals surface area (Å²) in [6.45, 7) is 5.93. The molecule has 4 aromatic rings. The number of aromatic nitrogens is 1. The molecule has 1 fully saturated rings. The molecule has 0 amide bonds. The number of hydrogen-bond donors (Lipinski definition) is 0. The van der Waals surface area contributed by atoms with Crippen molar-refractivity contribution in [2.75, 3.05) is 18.0 Å². The van der Waals surface area contributed by atoms with Gasteiger partial charge < -0.3 is 9.64 Å². The normalized spacial score (nSPS) is 17.8. The van der Waals surface area contributed by atoms with Crippen LogP contribution < -0.4 is 4.90 Å². The second kappa shape index (κ2) is 8.98. The maximum absolute atomic E-state index is 10.1. The van der Waals surface area contributed by atoms with Crippen molar-refractivity contribution < 1.29 is 4.74 Å². The van der Waals surface area contributed by atoms with E-state index in [0.717, 1.165) is 51.9 Å². The number of pyridine rings is 1. The Morgan fingerprint density at radius 1 is 0.824 bits per heavy atom. The number of ether oxygens (including phenoxy) is 1. The second-order valence-corrected chi connectivity index (χ2v) is 8.76. The maximum atomic E-state index is 10.1. The van der Waals surface area contributed by atoms with Crippen LogP contribution >= 0.6 is 0 Å². The lowest BCUT2D eigenvalue weighted by atomic mass is 9.94. The number of para-hydroxylation sites is 1. The smallest absolute Gasteiger partial charge is 0.101 e. The van der Waals surface area contributed by atoms with Crippen molar-refractivity contribution in [3.05, 3.63) is 84.1 Å². The van der Waals surface area contributed by atoms with Crippen molar-refractivity contribution >= 4 is 16.6 Å². The number of anilines is 1. The molecule has 1 saturated heterocycles. The number of rotatable bonds is 3. The molecule has 1 aromatic heterocycles. The van der Waals surface area contributed by atoms with Crippen LogP contribution in [0.25, 0.3) is 33.2 Å². The number of fused-ring (bicyclic) bond motifs is 1. The van der Waals surface area contributed by atoms with E-state index in [9.17, 15) is 5.26 Å². The molecular weight excluding hydrogens is 420 g/mol. The monoisotopic (exact) mass is 444 g/mol. The van der Waals surface area contributed by atoms with E-state index in [1.54, 1.807) is 18.3 Å². The van der Waals surface area contributed by atoms with E-state index in [1.807, 2.05) is 30.3 Å². The molecule has 0 N–H and O–H groups in total. The van der Waals surface area contributed by atoms with Crippen molar-refractivity contribution in [1.29, 1.82) is 10.5 Å². The molecule has 5 nitrogen and oxygen atoms in total. The number of morpholine rings is 1. The van der Waals surface area contributed by atoms with Gasteiger partial charge in [0.05, 0.1) is 34.9 Å². The Labute approximate surface area is 199 Å². The molecule has 34 heavy (non-hydrogen) atoms. The SMILES string of the molecule is CC1CN(c2ccc(-c3cnc4c(-c5ccc(C#N)cc5)cccc4c3C#N)cc2)C[C@@H](C)O1. The van der Waals surface area contributed by atoms with Gasteiger partial charge in [-0.05, 0) is 49.2 Å². The van der Waals surface area contributed by atoms with Gasteiger partial charge in [-0.25, -0.2) is 0 Å². The van der Waals surface area contributed by atoms with Crippen LogP contribution in [0.2, 0.25) is 0 Å². The molecule has 2 atom stereocenters. The van der Waals surface area contributed by atoms with Crippen LogP contribution in [0.15, 0.2) is 72.9 Å². The summed E-state index contributed by atoms with van der Waals surface area (Å²) in [7, 11) is 0. The Bertz CT molecular complexity index is 1420. The summed E-state index contributed by atoms with van der Waals surface area (Å²) in [5, 5.41) is 20.0. The molecule has 0 radical (unpaired) electrons. The molecule has 0 aliphatic carbocycles. The fourth-order valence-electron chi connectivity index (χ4n) is 4.76. The summed E-state index contributed by atoms with van der Waals surface area (Å²) in [6.07, 6.45) is 2.19. The maximum Gasteiger partial charge on any atom is 0.101 e. The third-order valence-electron chi connectivity index (χ3n) is 6.30. The van der Waals surface area contributed by atoms with E-state index in [-0.39, 0.29) is 12.2 Å². The molecule has 2 heterocycles. The highest BCUT2D eigenvalue weighted by Crippen LogP contribution is 2.34. The lowest BCUT2D eigenvalue weighted by molar-refractivity contribution is -0.00521. The Morgan fingerprint density at radius 2 is 1.47 bits per heavy atom. The van der Waals surface area contributed by atoms with Crippen LogP contribution in [0.4, 0.5) is 5.69 Å². The number of benzene rings is 3. The van der Waals surface area contributed by atoms with E-state index < -0.39 is 0 Å². The molecule has 0 spiro atoms. The molecule has 0 bridgehead atoms. The predicted molar refractivity (Wildman–Crippen MR) is 134 cm³/mol. The van der Waals surface area contributed by atoms with Crippen LogP contribution in [-0.2, 0) is 4.74 Å². The summed E-state index contributed by atoms with van der Waals surface area (Å²) in [4.78, 5) is 7.12. The second-order valence-electron chi connectivity index (χ2n) is 8.76. The first kappa shape index (κ1) is 21.6. The zero-order valence-corrected chi connectivity index (χ0v) is 19.2. The van der Waals surface area contributed by atoms with E-state index in [0.29, 0.717) is 11.1 Å². The predicted octanol–water partition coefficient (Wildman–Crippen LogP) is 5.93. The topological polar surface area (TPSA) is 72.9 Å². The van der Waals surface area contributed by atoms with Gasteiger partial charge in [-0.1, -0.05) is 42.5 Å². The molecule has 1 unspecified atom stereocenters. The van der Waals surface area contributed by atoms with Crippen LogP contribution in [0.1, 0.15) is 25.0 Å². The van der Waals surface area contributed by atoms with Gasteiger partial charge >= 0.3 is 0 Å². The Morgan fingerprint density at radius 3 is 2.12 bits per heavy atom. The number of nitrogens with zero attached hydrogens (tertiary/aromatic N) is 4. The van der Waals surface area contributed by atoms with E-state index in [4.69, 9.17) is 15.0 Å². The Kier molecular flexibility index (Phi) is 5.72. The summed E-state index contributed by atoms with van der Waals surface area (Å²) in [5.41, 5.74) is 6.85. The highest BCUT2D eigenvalue weighted by atomic mass is 16.5. The molecule has 1 aliphatic rings. The molecule has 0 saturated carbocycles. The van der Waals surface area contributed by atoms with Gasteiger partial charge in [0, 0.05) is 41.5 Å². The Balaban J connectivity index is 1.53. The van der Waals surface area contributed by atoms with Crippen LogP contribution in [0.3, 0.4) is 0 Å². The highest BCUT2D eigenvalue weighted by molar-refractivity contribution is 5.99. The summed E-state index contributed by atoms with van der Waals surface area (Å²) in [6, 6.07) is 26.2. The molecule has 5 rings (SSSR count). The van der Waals surface area contributed by atoms with Crippen molar-refractivity contribution in [2.45, 2.75) is 26.1 Å². The first-order valence-electron chi connectivity index (χ1n) is 11.4. The zero-order valence-electron chi connectivity index (χ0n) is 19.2. The van der Waals surface area contributed by atoms with E-state index in [1.165, 1.54) is 0 Å². The van der Waals surface area contributed by atoms with Crippen molar-refractivity contribution in [3.63, 3.8) is 0 Å². The molecule has 1 aliphatic heterocycles. The third kappa shape index (κ3) is 3.99. The minimum Gasteiger partial charge on any atom is -0.372 e. The highest BCUT2D eigenvalue weighted by Gasteiger charge is 2.22. The average Bonchev–Trinajstić information content (AvgIpc) is 2.87. The van der Waals surface area contributed by atoms with Crippen molar-refractivity contribution in [1.82, 2.24) is 4.98 Å². The van der Waals surface area contributed by atoms with Crippen molar-refractivity contribution in [2.24, 2.45) is 0 Å². The number of nitriles is 2. The first-order valence-corrected chi connectivity index (χ1v) is 11.4. The Hall–Kier alpha value is -4.19. The molecule has 3 aromatic carbocycles. The summed E-state index contributed by atoms with van der Waals surface area (Å²) in [5.74, 6) is 0. The third-order valence-corrected chi connectivity index (χ3v) is 6.30. The number of hydrogen-bond acceptors (Lipinski definition) is 5. The van der Waals surface area contributed by atoms with Gasteiger partial charge in [-0.2, -0.15) is 10.5 Å². The lowest BCUT2D eigenvalue weighted by Gasteiger charge is -2.36. The molecular formula is C29H24N4O. The van der Waals surface area contributed by atoms with E-state index >= 15 is 0 Å². The van der Waals surface area contributed by atoms with Gasteiger partial charge in [0.25, 0.3) is 0 Å². The summed E-state index contributed by atoms with van der Waals surface area (Å²) >= 11 is 0. The largest absolute Gasteiger partial charge is 0.372 e. The average molecular weight is 445 g/mol. The van der Waals surface area contributed by atoms with E-state index in [2.05, 4.69) is 55.2 Å². The van der Waals surface area contributed by atoms with Crippen LogP contribution in [0, 0.1) is 22.7 Å². The fraction of sp³-hybridized carbons (Fsp3) is 0.207. The summed E-state index contributed by atoms with van der Waals surface area (Å²) < 4.78 is 5.85. The zero-order chi connectivity index (χ0) is 23.7. The minimum absolute atomic E-state index is 0.198. The van der Waals surface area contributed by atoms with Gasteiger partial charge in [0.2, 0.25) is 0 Å². The van der Waals surface area contributed by atoms with Crippen LogP contribution in [-0.4, -0.2) is 30.3 Å². The van der Waals surface area contributed by atoms with Gasteiger partial charge in [0.1, 0.15) is 6.07 Å². The lowest BCUT2D eigenvalue weighted by Crippen LogP contribution is -2.45. The quantitative estimate of drug-likeness (QED) is 0.392. The van der Waals surface area contributed by atoms with Gasteiger partial charge in [-0.3, -0.25) is 4.98 Å².